The first-order valence-corrected chi connectivity index (χ1v) is 11.6. The Bertz CT molecular complexity index is 1250. The fourth-order valence-electron chi connectivity index (χ4n) is 2.71. The van der Waals surface area contributed by atoms with E-state index >= 15 is 0 Å². The summed E-state index contributed by atoms with van der Waals surface area (Å²) in [6.45, 7) is 3.23. The SMILES string of the molecule is CC(C)Nc1nc(C(F)(F)F)ccc1/C=C\C(=O)NCc1cc(F)c(NS(C)(=O)=O)c(C#N)c1. The predicted molar refractivity (Wildman–Crippen MR) is 118 cm³/mol. The highest BCUT2D eigenvalue weighted by molar-refractivity contribution is 7.92. The molecule has 0 saturated carbocycles. The van der Waals surface area contributed by atoms with E-state index in [1.54, 1.807) is 19.9 Å². The molecule has 0 fully saturated rings. The molecule has 1 heterocycles. The summed E-state index contributed by atoms with van der Waals surface area (Å²) in [6.07, 6.45) is -1.48. The molecule has 0 spiro atoms. The average molecular weight is 499 g/mol. The predicted octanol–water partition coefficient (Wildman–Crippen LogP) is 3.63. The Balaban J connectivity index is 2.17. The van der Waals surface area contributed by atoms with Gasteiger partial charge in [0.05, 0.1) is 11.8 Å². The van der Waals surface area contributed by atoms with E-state index in [9.17, 15) is 36.0 Å². The van der Waals surface area contributed by atoms with Crippen LogP contribution in [0, 0.1) is 17.1 Å². The summed E-state index contributed by atoms with van der Waals surface area (Å²) < 4.78 is 77.7. The molecule has 0 aliphatic heterocycles. The Morgan fingerprint density at radius 3 is 2.50 bits per heavy atom. The molecule has 13 heteroatoms. The Morgan fingerprint density at radius 2 is 1.94 bits per heavy atom. The summed E-state index contributed by atoms with van der Waals surface area (Å²) in [5, 5.41) is 14.4. The molecule has 0 saturated heterocycles. The molecule has 0 unspecified atom stereocenters. The lowest BCUT2D eigenvalue weighted by Crippen LogP contribution is -2.21. The van der Waals surface area contributed by atoms with E-state index < -0.39 is 39.3 Å². The number of sulfonamides is 1. The van der Waals surface area contributed by atoms with Gasteiger partial charge in [0.25, 0.3) is 0 Å². The molecule has 3 N–H and O–H groups in total. The number of alkyl halides is 3. The third kappa shape index (κ3) is 7.73. The van der Waals surface area contributed by atoms with Crippen molar-refractivity contribution in [1.29, 1.82) is 5.26 Å². The number of carbonyl (C=O) groups is 1. The number of nitrogens with zero attached hydrogens (tertiary/aromatic N) is 2. The molecule has 1 aromatic heterocycles. The van der Waals surface area contributed by atoms with Crippen molar-refractivity contribution in [3.05, 3.63) is 58.5 Å². The number of amides is 1. The minimum Gasteiger partial charge on any atom is -0.367 e. The van der Waals surface area contributed by atoms with Crippen molar-refractivity contribution < 1.29 is 30.8 Å². The van der Waals surface area contributed by atoms with Crippen molar-refractivity contribution in [3.63, 3.8) is 0 Å². The van der Waals surface area contributed by atoms with Crippen molar-refractivity contribution in [2.24, 2.45) is 0 Å². The summed E-state index contributed by atoms with van der Waals surface area (Å²) in [6, 6.07) is 5.60. The second-order valence-electron chi connectivity index (χ2n) is 7.47. The first-order valence-electron chi connectivity index (χ1n) is 9.70. The first-order chi connectivity index (χ1) is 15.7. The molecule has 0 radical (unpaired) electrons. The number of hydrogen-bond acceptors (Lipinski definition) is 6. The van der Waals surface area contributed by atoms with Crippen LogP contribution >= 0.6 is 0 Å². The lowest BCUT2D eigenvalue weighted by molar-refractivity contribution is -0.141. The molecule has 182 valence electrons. The average Bonchev–Trinajstić information content (AvgIpc) is 2.70. The van der Waals surface area contributed by atoms with Gasteiger partial charge >= 0.3 is 6.18 Å². The fourth-order valence-corrected chi connectivity index (χ4v) is 3.29. The van der Waals surface area contributed by atoms with Crippen LogP contribution in [0.15, 0.2) is 30.3 Å². The Hall–Kier alpha value is -3.66. The first kappa shape index (κ1) is 26.6. The van der Waals surface area contributed by atoms with Gasteiger partial charge < -0.3 is 10.6 Å². The molecule has 0 bridgehead atoms. The van der Waals surface area contributed by atoms with Crippen molar-refractivity contribution in [3.8, 4) is 6.07 Å². The molecule has 2 rings (SSSR count). The molecule has 0 atom stereocenters. The summed E-state index contributed by atoms with van der Waals surface area (Å²) in [5.74, 6) is -1.69. The van der Waals surface area contributed by atoms with Gasteiger partial charge in [0, 0.05) is 24.2 Å². The number of nitriles is 1. The van der Waals surface area contributed by atoms with Gasteiger partial charge in [-0.05, 0) is 49.8 Å². The number of hydrogen-bond donors (Lipinski definition) is 3. The highest BCUT2D eigenvalue weighted by atomic mass is 32.2. The zero-order valence-electron chi connectivity index (χ0n) is 18.3. The van der Waals surface area contributed by atoms with Crippen molar-refractivity contribution in [2.75, 3.05) is 16.3 Å². The van der Waals surface area contributed by atoms with Crippen molar-refractivity contribution >= 4 is 33.5 Å². The molecule has 1 amide bonds. The number of nitrogens with one attached hydrogen (secondary N) is 3. The second-order valence-corrected chi connectivity index (χ2v) is 9.22. The number of benzene rings is 1. The molecule has 0 aliphatic rings. The molecule has 8 nitrogen and oxygen atoms in total. The monoisotopic (exact) mass is 499 g/mol. The van der Waals surface area contributed by atoms with Gasteiger partial charge in [-0.2, -0.15) is 18.4 Å². The maximum absolute atomic E-state index is 14.3. The number of rotatable bonds is 8. The molecule has 34 heavy (non-hydrogen) atoms. The summed E-state index contributed by atoms with van der Waals surface area (Å²) in [5.41, 5.74) is -1.43. The molecule has 0 aliphatic carbocycles. The van der Waals surface area contributed by atoms with Gasteiger partial charge in [-0.15, -0.1) is 0 Å². The third-order valence-electron chi connectivity index (χ3n) is 4.08. The van der Waals surface area contributed by atoms with E-state index in [1.807, 2.05) is 4.72 Å². The van der Waals surface area contributed by atoms with Crippen LogP contribution in [0.5, 0.6) is 0 Å². The van der Waals surface area contributed by atoms with Crippen LogP contribution in [-0.4, -0.2) is 31.6 Å². The third-order valence-corrected chi connectivity index (χ3v) is 4.66. The summed E-state index contributed by atoms with van der Waals surface area (Å²) in [7, 11) is -3.82. The minimum atomic E-state index is -4.63. The fraction of sp³-hybridized carbons (Fsp3) is 0.286. The maximum Gasteiger partial charge on any atom is 0.433 e. The van der Waals surface area contributed by atoms with Crippen molar-refractivity contribution in [2.45, 2.75) is 32.6 Å². The molecular formula is C21H21F4N5O3S. The zero-order chi connectivity index (χ0) is 25.7. The quantitative estimate of drug-likeness (QED) is 0.376. The Labute approximate surface area is 193 Å². The minimum absolute atomic E-state index is 0.0522. The van der Waals surface area contributed by atoms with Gasteiger partial charge in [0.2, 0.25) is 15.9 Å². The number of carbonyl (C=O) groups excluding carboxylic acids is 1. The lowest BCUT2D eigenvalue weighted by atomic mass is 10.1. The van der Waals surface area contributed by atoms with Crippen LogP contribution in [0.2, 0.25) is 0 Å². The highest BCUT2D eigenvalue weighted by Crippen LogP contribution is 2.30. The van der Waals surface area contributed by atoms with Crippen LogP contribution in [0.1, 0.15) is 36.2 Å². The van der Waals surface area contributed by atoms with Crippen LogP contribution in [-0.2, 0) is 27.5 Å². The van der Waals surface area contributed by atoms with E-state index in [0.29, 0.717) is 0 Å². The van der Waals surface area contributed by atoms with Crippen LogP contribution in [0.25, 0.3) is 6.08 Å². The summed E-state index contributed by atoms with van der Waals surface area (Å²) in [4.78, 5) is 15.8. The topological polar surface area (TPSA) is 124 Å². The largest absolute Gasteiger partial charge is 0.433 e. The van der Waals surface area contributed by atoms with Crippen molar-refractivity contribution in [1.82, 2.24) is 10.3 Å². The maximum atomic E-state index is 14.3. The van der Waals surface area contributed by atoms with Crippen LogP contribution in [0.3, 0.4) is 0 Å². The van der Waals surface area contributed by atoms with Gasteiger partial charge in [0.1, 0.15) is 29.1 Å². The number of halogens is 4. The van der Waals surface area contributed by atoms with Gasteiger partial charge in [0.15, 0.2) is 0 Å². The Kier molecular flexibility index (Phi) is 8.22. The van der Waals surface area contributed by atoms with E-state index in [1.165, 1.54) is 18.2 Å². The number of pyridine rings is 1. The normalized spacial score (nSPS) is 12.0. The van der Waals surface area contributed by atoms with E-state index in [2.05, 4.69) is 15.6 Å². The lowest BCUT2D eigenvalue weighted by Gasteiger charge is -2.14. The van der Waals surface area contributed by atoms with Crippen LogP contribution < -0.4 is 15.4 Å². The van der Waals surface area contributed by atoms with Crippen LogP contribution in [0.4, 0.5) is 29.1 Å². The molecule has 2 aromatic rings. The molecular weight excluding hydrogens is 478 g/mol. The van der Waals surface area contributed by atoms with Gasteiger partial charge in [-0.1, -0.05) is 0 Å². The van der Waals surface area contributed by atoms with Gasteiger partial charge in [-0.25, -0.2) is 17.8 Å². The molecule has 1 aromatic carbocycles. The standard InChI is InChI=1S/C21H21F4N5O3S/c1-12(2)28-20-14(4-6-17(29-20)21(23,24)25)5-7-18(31)27-11-13-8-15(10-26)19(16(22)9-13)30-34(3,32)33/h4-9,12,30H,11H2,1-3H3,(H,27,31)(H,28,29)/b7-5-. The van der Waals surface area contributed by atoms with E-state index in [-0.39, 0.29) is 35.1 Å². The number of anilines is 2. The van der Waals surface area contributed by atoms with E-state index in [0.717, 1.165) is 24.5 Å². The highest BCUT2D eigenvalue weighted by Gasteiger charge is 2.33. The van der Waals surface area contributed by atoms with Gasteiger partial charge in [-0.3, -0.25) is 9.52 Å². The van der Waals surface area contributed by atoms with E-state index in [4.69, 9.17) is 0 Å². The Morgan fingerprint density at radius 1 is 1.26 bits per heavy atom. The summed E-state index contributed by atoms with van der Waals surface area (Å²) >= 11 is 0. The zero-order valence-corrected chi connectivity index (χ0v) is 19.1. The smallest absolute Gasteiger partial charge is 0.367 e. The number of aromatic nitrogens is 1. The second kappa shape index (κ2) is 10.5.